The minimum atomic E-state index is -0.851. The minimum Gasteiger partial charge on any atom is -0.493 e. The highest BCUT2D eigenvalue weighted by molar-refractivity contribution is 5.44. The third-order valence-corrected chi connectivity index (χ3v) is 2.34. The molecule has 0 saturated carbocycles. The van der Waals surface area contributed by atoms with Crippen LogP contribution in [0.25, 0.3) is 0 Å². The smallest absolute Gasteiger partial charge is 0.270 e. The van der Waals surface area contributed by atoms with Gasteiger partial charge in [-0.15, -0.1) is 0 Å². The zero-order chi connectivity index (χ0) is 13.5. The van der Waals surface area contributed by atoms with Gasteiger partial charge in [0.15, 0.2) is 0 Å². The fourth-order valence-corrected chi connectivity index (χ4v) is 1.44. The summed E-state index contributed by atoms with van der Waals surface area (Å²) in [5.74, 6) is 0.411. The van der Waals surface area contributed by atoms with Gasteiger partial charge in [0.2, 0.25) is 0 Å². The number of nitrogens with zero attached hydrogens (tertiary/aromatic N) is 2. The summed E-state index contributed by atoms with van der Waals surface area (Å²) in [4.78, 5) is 10.1. The molecule has 0 aromatic heterocycles. The van der Waals surface area contributed by atoms with E-state index in [1.54, 1.807) is 0 Å². The Morgan fingerprint density at radius 2 is 2.33 bits per heavy atom. The molecular weight excluding hydrogens is 236 g/mol. The molecule has 0 bridgehead atoms. The molecule has 0 aliphatic heterocycles. The second-order valence-corrected chi connectivity index (χ2v) is 3.77. The van der Waals surface area contributed by atoms with E-state index in [0.29, 0.717) is 30.8 Å². The van der Waals surface area contributed by atoms with Crippen LogP contribution in [0, 0.1) is 21.4 Å². The van der Waals surface area contributed by atoms with Crippen molar-refractivity contribution in [3.05, 3.63) is 33.9 Å². The molecule has 1 N–H and O–H groups in total. The molecule has 0 spiro atoms. The van der Waals surface area contributed by atoms with Gasteiger partial charge in [0.05, 0.1) is 23.7 Å². The van der Waals surface area contributed by atoms with Crippen LogP contribution in [0.5, 0.6) is 5.75 Å². The molecule has 0 aliphatic rings. The summed E-state index contributed by atoms with van der Waals surface area (Å²) in [7, 11) is 0. The summed E-state index contributed by atoms with van der Waals surface area (Å²) in [5.41, 5.74) is 0.288. The molecule has 96 valence electrons. The topological polar surface area (TPSA) is 96.4 Å². The normalized spacial score (nSPS) is 11.6. The van der Waals surface area contributed by atoms with Gasteiger partial charge in [0, 0.05) is 24.1 Å². The lowest BCUT2D eigenvalue weighted by Gasteiger charge is -2.12. The van der Waals surface area contributed by atoms with E-state index in [9.17, 15) is 15.2 Å². The first-order valence-corrected chi connectivity index (χ1v) is 5.52. The van der Waals surface area contributed by atoms with Crippen LogP contribution >= 0.6 is 0 Å². The monoisotopic (exact) mass is 250 g/mol. The Morgan fingerprint density at radius 3 is 2.89 bits per heavy atom. The van der Waals surface area contributed by atoms with Crippen molar-refractivity contribution in [2.24, 2.45) is 0 Å². The summed E-state index contributed by atoms with van der Waals surface area (Å²) in [6.45, 7) is 1.85. The maximum Gasteiger partial charge on any atom is 0.270 e. The summed E-state index contributed by atoms with van der Waals surface area (Å²) in [6.07, 6.45) is 0.111. The van der Waals surface area contributed by atoms with E-state index in [2.05, 4.69) is 0 Å². The second-order valence-electron chi connectivity index (χ2n) is 3.77. The fraction of sp³-hybridized carbons (Fsp3) is 0.417. The molecule has 0 saturated heterocycles. The summed E-state index contributed by atoms with van der Waals surface area (Å²) < 4.78 is 5.40. The number of nitro benzene ring substituents is 1. The predicted octanol–water partition coefficient (Wildman–Crippen LogP) is 2.33. The van der Waals surface area contributed by atoms with Crippen molar-refractivity contribution in [1.29, 1.82) is 5.26 Å². The zero-order valence-corrected chi connectivity index (χ0v) is 10.00. The van der Waals surface area contributed by atoms with Gasteiger partial charge in [-0.1, -0.05) is 0 Å². The molecule has 0 unspecified atom stereocenters. The predicted molar refractivity (Wildman–Crippen MR) is 64.1 cm³/mol. The average molecular weight is 250 g/mol. The molecule has 18 heavy (non-hydrogen) atoms. The van der Waals surface area contributed by atoms with E-state index in [0.717, 1.165) is 0 Å². The summed E-state index contributed by atoms with van der Waals surface area (Å²) >= 11 is 0. The molecule has 6 heteroatoms. The second kappa shape index (κ2) is 6.57. The number of rotatable bonds is 6. The van der Waals surface area contributed by atoms with Crippen molar-refractivity contribution < 1.29 is 14.8 Å². The standard InChI is InChI=1S/C12H14N2O4/c1-9(15)11-8-10(14(16)17)4-5-12(11)18-7-3-2-6-13/h4-5,8-9,15H,2-3,7H2,1H3/t9-/m1/s1. The van der Waals surface area contributed by atoms with Gasteiger partial charge in [-0.3, -0.25) is 10.1 Å². The van der Waals surface area contributed by atoms with Crippen molar-refractivity contribution in [1.82, 2.24) is 0 Å². The van der Waals surface area contributed by atoms with E-state index >= 15 is 0 Å². The first-order chi connectivity index (χ1) is 8.56. The van der Waals surface area contributed by atoms with Gasteiger partial charge in [-0.05, 0) is 19.4 Å². The fourth-order valence-electron chi connectivity index (χ4n) is 1.44. The Morgan fingerprint density at radius 1 is 1.61 bits per heavy atom. The number of nitro groups is 1. The van der Waals surface area contributed by atoms with E-state index in [1.165, 1.54) is 25.1 Å². The molecule has 6 nitrogen and oxygen atoms in total. The van der Waals surface area contributed by atoms with E-state index < -0.39 is 11.0 Å². The Bertz CT molecular complexity index is 466. The number of hydrogen-bond donors (Lipinski definition) is 1. The molecule has 1 aromatic rings. The number of aliphatic hydroxyl groups excluding tert-OH is 1. The lowest BCUT2D eigenvalue weighted by molar-refractivity contribution is -0.385. The van der Waals surface area contributed by atoms with Crippen LogP contribution in [0.1, 0.15) is 31.4 Å². The van der Waals surface area contributed by atoms with Gasteiger partial charge in [0.1, 0.15) is 5.75 Å². The molecule has 0 heterocycles. The van der Waals surface area contributed by atoms with Crippen LogP contribution in [0.15, 0.2) is 18.2 Å². The summed E-state index contributed by atoms with van der Waals surface area (Å²) in [6, 6.07) is 6.08. The highest BCUT2D eigenvalue weighted by atomic mass is 16.6. The number of hydrogen-bond acceptors (Lipinski definition) is 5. The third-order valence-electron chi connectivity index (χ3n) is 2.34. The van der Waals surface area contributed by atoms with Crippen LogP contribution in [-0.4, -0.2) is 16.6 Å². The quantitative estimate of drug-likeness (QED) is 0.474. The van der Waals surface area contributed by atoms with Crippen molar-refractivity contribution in [2.75, 3.05) is 6.61 Å². The third kappa shape index (κ3) is 3.71. The highest BCUT2D eigenvalue weighted by Gasteiger charge is 2.15. The van der Waals surface area contributed by atoms with Crippen molar-refractivity contribution >= 4 is 5.69 Å². The number of aliphatic hydroxyl groups is 1. The molecule has 1 aromatic carbocycles. The molecule has 1 rings (SSSR count). The number of ether oxygens (including phenoxy) is 1. The highest BCUT2D eigenvalue weighted by Crippen LogP contribution is 2.29. The van der Waals surface area contributed by atoms with Crippen LogP contribution < -0.4 is 4.74 Å². The SMILES string of the molecule is C[C@@H](O)c1cc([N+](=O)[O-])ccc1OCCCC#N. The Labute approximate surface area is 105 Å². The van der Waals surface area contributed by atoms with E-state index in [1.807, 2.05) is 6.07 Å². The number of nitriles is 1. The minimum absolute atomic E-state index is 0.0877. The van der Waals surface area contributed by atoms with Crippen LogP contribution in [0.4, 0.5) is 5.69 Å². The van der Waals surface area contributed by atoms with Gasteiger partial charge < -0.3 is 9.84 Å². The van der Waals surface area contributed by atoms with Crippen LogP contribution in [0.2, 0.25) is 0 Å². The van der Waals surface area contributed by atoms with Crippen LogP contribution in [-0.2, 0) is 0 Å². The van der Waals surface area contributed by atoms with Gasteiger partial charge >= 0.3 is 0 Å². The molecule has 1 atom stereocenters. The number of non-ortho nitro benzene ring substituents is 1. The maximum atomic E-state index is 10.6. The Hall–Kier alpha value is -2.13. The molecular formula is C12H14N2O4. The van der Waals surface area contributed by atoms with Gasteiger partial charge in [-0.2, -0.15) is 5.26 Å². The molecule has 0 radical (unpaired) electrons. The summed E-state index contributed by atoms with van der Waals surface area (Å²) in [5, 5.41) is 28.6. The first kappa shape index (κ1) is 13.9. The average Bonchev–Trinajstić information content (AvgIpc) is 2.34. The zero-order valence-electron chi connectivity index (χ0n) is 10.00. The lowest BCUT2D eigenvalue weighted by Crippen LogP contribution is -2.03. The van der Waals surface area contributed by atoms with E-state index in [-0.39, 0.29) is 5.69 Å². The number of unbranched alkanes of at least 4 members (excludes halogenated alkanes) is 1. The maximum absolute atomic E-state index is 10.6. The molecule has 0 aliphatic carbocycles. The van der Waals surface area contributed by atoms with Gasteiger partial charge in [-0.25, -0.2) is 0 Å². The van der Waals surface area contributed by atoms with Crippen LogP contribution in [0.3, 0.4) is 0 Å². The van der Waals surface area contributed by atoms with Crippen molar-refractivity contribution in [3.63, 3.8) is 0 Å². The Balaban J connectivity index is 2.84. The molecule has 0 fully saturated rings. The Kier molecular flexibility index (Phi) is 5.08. The van der Waals surface area contributed by atoms with Crippen molar-refractivity contribution in [2.45, 2.75) is 25.9 Å². The van der Waals surface area contributed by atoms with Gasteiger partial charge in [0.25, 0.3) is 5.69 Å². The van der Waals surface area contributed by atoms with E-state index in [4.69, 9.17) is 10.00 Å². The van der Waals surface area contributed by atoms with Crippen molar-refractivity contribution in [3.8, 4) is 11.8 Å². The number of benzene rings is 1. The lowest BCUT2D eigenvalue weighted by atomic mass is 10.1. The molecule has 0 amide bonds. The largest absolute Gasteiger partial charge is 0.493 e. The first-order valence-electron chi connectivity index (χ1n) is 5.52.